The Bertz CT molecular complexity index is 790. The monoisotopic (exact) mass is 323 g/mol. The molecule has 108 valence electrons. The first kappa shape index (κ1) is 14.2. The number of halogens is 2. The molecule has 0 aliphatic heterocycles. The van der Waals surface area contributed by atoms with Gasteiger partial charge < -0.3 is 9.15 Å². The van der Waals surface area contributed by atoms with Crippen molar-refractivity contribution >= 4 is 34.5 Å². The molecule has 0 saturated carbocycles. The zero-order valence-corrected chi connectivity index (χ0v) is 12.7. The van der Waals surface area contributed by atoms with Gasteiger partial charge in [-0.2, -0.15) is 0 Å². The molecule has 6 heteroatoms. The molecule has 0 saturated heterocycles. The van der Waals surface area contributed by atoms with Crippen LogP contribution in [0.25, 0.3) is 11.1 Å². The Morgan fingerprint density at radius 3 is 2.90 bits per heavy atom. The fourth-order valence-corrected chi connectivity index (χ4v) is 2.83. The molecule has 0 atom stereocenters. The number of aromatic nitrogens is 1. The molecule has 0 bridgehead atoms. The van der Waals surface area contributed by atoms with Crippen molar-refractivity contribution < 1.29 is 13.5 Å². The number of benzene rings is 2. The summed E-state index contributed by atoms with van der Waals surface area (Å²) in [6.45, 7) is 0. The lowest BCUT2D eigenvalue weighted by Gasteiger charge is -2.03. The molecule has 0 radical (unpaired) electrons. The normalized spacial score (nSPS) is 11.0. The largest absolute Gasteiger partial charge is 0.494 e. The molecule has 0 amide bonds. The number of thioether (sulfide) groups is 1. The fraction of sp³-hybridized carbons (Fsp3) is 0.133. The van der Waals surface area contributed by atoms with Gasteiger partial charge in [0.2, 0.25) is 0 Å². The Morgan fingerprint density at radius 1 is 1.29 bits per heavy atom. The third-order valence-corrected chi connectivity index (χ3v) is 4.04. The summed E-state index contributed by atoms with van der Waals surface area (Å²) in [5.74, 6) is 0.418. The molecule has 0 fully saturated rings. The molecule has 0 aliphatic carbocycles. The van der Waals surface area contributed by atoms with Crippen LogP contribution in [0.1, 0.15) is 5.56 Å². The molecule has 0 N–H and O–H groups in total. The molecule has 1 heterocycles. The first-order valence-corrected chi connectivity index (χ1v) is 7.53. The van der Waals surface area contributed by atoms with E-state index in [1.165, 1.54) is 24.9 Å². The maximum atomic E-state index is 13.6. The number of fused-ring (bicyclic) bond motifs is 1. The van der Waals surface area contributed by atoms with Gasteiger partial charge in [-0.1, -0.05) is 29.4 Å². The van der Waals surface area contributed by atoms with Gasteiger partial charge in [-0.3, -0.25) is 0 Å². The summed E-state index contributed by atoms with van der Waals surface area (Å²) in [6, 6.07) is 10.2. The highest BCUT2D eigenvalue weighted by molar-refractivity contribution is 7.98. The summed E-state index contributed by atoms with van der Waals surface area (Å²) in [4.78, 5) is 4.34. The summed E-state index contributed by atoms with van der Waals surface area (Å²) in [5.41, 5.74) is 2.23. The van der Waals surface area contributed by atoms with Gasteiger partial charge in [-0.05, 0) is 35.9 Å². The molecular weight excluding hydrogens is 313 g/mol. The predicted octanol–water partition coefficient (Wildman–Crippen LogP) is 4.92. The zero-order valence-electron chi connectivity index (χ0n) is 11.1. The Balaban J connectivity index is 1.75. The van der Waals surface area contributed by atoms with E-state index < -0.39 is 0 Å². The van der Waals surface area contributed by atoms with Crippen molar-refractivity contribution in [3.8, 4) is 5.75 Å². The third kappa shape index (κ3) is 3.14. The van der Waals surface area contributed by atoms with Crippen LogP contribution in [0.5, 0.6) is 5.75 Å². The highest BCUT2D eigenvalue weighted by atomic mass is 35.5. The van der Waals surface area contributed by atoms with Gasteiger partial charge in [0.25, 0.3) is 5.22 Å². The van der Waals surface area contributed by atoms with Crippen LogP contribution in [0.3, 0.4) is 0 Å². The molecule has 21 heavy (non-hydrogen) atoms. The highest BCUT2D eigenvalue weighted by Gasteiger charge is 2.09. The minimum atomic E-state index is -0.375. The van der Waals surface area contributed by atoms with E-state index in [0.29, 0.717) is 27.1 Å². The van der Waals surface area contributed by atoms with Gasteiger partial charge >= 0.3 is 0 Å². The zero-order chi connectivity index (χ0) is 14.8. The number of rotatable bonds is 4. The van der Waals surface area contributed by atoms with Crippen molar-refractivity contribution in [2.75, 3.05) is 7.11 Å². The van der Waals surface area contributed by atoms with E-state index >= 15 is 0 Å². The van der Waals surface area contributed by atoms with Gasteiger partial charge in [-0.25, -0.2) is 9.37 Å². The lowest BCUT2D eigenvalue weighted by molar-refractivity contribution is 0.386. The van der Waals surface area contributed by atoms with Crippen molar-refractivity contribution in [1.82, 2.24) is 4.98 Å². The third-order valence-electron chi connectivity index (χ3n) is 2.91. The van der Waals surface area contributed by atoms with E-state index in [1.807, 2.05) is 6.07 Å². The van der Waals surface area contributed by atoms with Crippen LogP contribution in [0.2, 0.25) is 5.02 Å². The number of hydrogen-bond acceptors (Lipinski definition) is 4. The van der Waals surface area contributed by atoms with E-state index in [1.54, 1.807) is 24.3 Å². The van der Waals surface area contributed by atoms with Crippen molar-refractivity contribution in [2.24, 2.45) is 0 Å². The molecule has 0 unspecified atom stereocenters. The van der Waals surface area contributed by atoms with Crippen LogP contribution < -0.4 is 4.74 Å². The maximum Gasteiger partial charge on any atom is 0.257 e. The quantitative estimate of drug-likeness (QED) is 0.638. The van der Waals surface area contributed by atoms with Crippen LogP contribution in [-0.4, -0.2) is 12.1 Å². The second-order valence-corrected chi connectivity index (χ2v) is 5.71. The molecular formula is C15H11ClFNO2S. The van der Waals surface area contributed by atoms with Crippen molar-refractivity contribution in [1.29, 1.82) is 0 Å². The van der Waals surface area contributed by atoms with Crippen molar-refractivity contribution in [3.63, 3.8) is 0 Å². The second-order valence-electron chi connectivity index (χ2n) is 4.35. The molecule has 1 aromatic heterocycles. The van der Waals surface area contributed by atoms with Crippen LogP contribution in [-0.2, 0) is 5.75 Å². The number of hydrogen-bond donors (Lipinski definition) is 0. The predicted molar refractivity (Wildman–Crippen MR) is 81.5 cm³/mol. The van der Waals surface area contributed by atoms with E-state index in [9.17, 15) is 4.39 Å². The fourth-order valence-electron chi connectivity index (χ4n) is 1.89. The average molecular weight is 324 g/mol. The van der Waals surface area contributed by atoms with E-state index in [0.717, 1.165) is 5.56 Å². The molecule has 0 spiro atoms. The Labute approximate surface area is 130 Å². The molecule has 0 aliphatic rings. The molecule has 3 aromatic rings. The summed E-state index contributed by atoms with van der Waals surface area (Å²) < 4.78 is 24.1. The Kier molecular flexibility index (Phi) is 4.03. The number of methoxy groups -OCH3 is 1. The lowest BCUT2D eigenvalue weighted by atomic mass is 10.2. The molecule has 3 rings (SSSR count). The van der Waals surface area contributed by atoms with Gasteiger partial charge in [-0.15, -0.1) is 0 Å². The van der Waals surface area contributed by atoms with Crippen LogP contribution in [0, 0.1) is 5.82 Å². The Morgan fingerprint density at radius 2 is 2.14 bits per heavy atom. The molecule has 2 aromatic carbocycles. The summed E-state index contributed by atoms with van der Waals surface area (Å²) in [6.07, 6.45) is 0. The summed E-state index contributed by atoms with van der Waals surface area (Å²) >= 11 is 7.30. The van der Waals surface area contributed by atoms with Crippen LogP contribution in [0.4, 0.5) is 4.39 Å². The van der Waals surface area contributed by atoms with Crippen molar-refractivity contribution in [2.45, 2.75) is 11.0 Å². The topological polar surface area (TPSA) is 35.3 Å². The van der Waals surface area contributed by atoms with E-state index in [2.05, 4.69) is 4.98 Å². The SMILES string of the molecule is COc1ccc(CSc2nc3cc(Cl)ccc3o2)cc1F. The Hall–Kier alpha value is -1.72. The average Bonchev–Trinajstić information content (AvgIpc) is 2.87. The maximum absolute atomic E-state index is 13.6. The minimum absolute atomic E-state index is 0.236. The van der Waals surface area contributed by atoms with Gasteiger partial charge in [0, 0.05) is 10.8 Å². The highest BCUT2D eigenvalue weighted by Crippen LogP contribution is 2.28. The van der Waals surface area contributed by atoms with Crippen LogP contribution in [0.15, 0.2) is 46.0 Å². The standard InChI is InChI=1S/C15H11ClFNO2S/c1-19-13-4-2-9(6-11(13)17)8-21-15-18-12-7-10(16)3-5-14(12)20-15/h2-7H,8H2,1H3. The van der Waals surface area contributed by atoms with E-state index in [-0.39, 0.29) is 11.6 Å². The van der Waals surface area contributed by atoms with Gasteiger partial charge in [0.15, 0.2) is 17.1 Å². The summed E-state index contributed by atoms with van der Waals surface area (Å²) in [7, 11) is 1.44. The number of oxazole rings is 1. The molecule has 3 nitrogen and oxygen atoms in total. The van der Waals surface area contributed by atoms with Gasteiger partial charge in [0.1, 0.15) is 5.52 Å². The van der Waals surface area contributed by atoms with Crippen molar-refractivity contribution in [3.05, 3.63) is 52.8 Å². The van der Waals surface area contributed by atoms with Crippen LogP contribution >= 0.6 is 23.4 Å². The van der Waals surface area contributed by atoms with E-state index in [4.69, 9.17) is 20.8 Å². The second kappa shape index (κ2) is 5.95. The first-order valence-electron chi connectivity index (χ1n) is 6.17. The summed E-state index contributed by atoms with van der Waals surface area (Å²) in [5, 5.41) is 1.15. The number of nitrogens with zero attached hydrogens (tertiary/aromatic N) is 1. The smallest absolute Gasteiger partial charge is 0.257 e. The lowest BCUT2D eigenvalue weighted by Crippen LogP contribution is -1.90. The first-order chi connectivity index (χ1) is 10.2. The van der Waals surface area contributed by atoms with Gasteiger partial charge in [0.05, 0.1) is 7.11 Å². The minimum Gasteiger partial charge on any atom is -0.494 e. The number of ether oxygens (including phenoxy) is 1.